The number of nitrogens with zero attached hydrogens (tertiary/aromatic N) is 6. The smallest absolute Gasteiger partial charge is 0.352 e. The number of carbonyl (C=O) groups is 4. The van der Waals surface area contributed by atoms with Crippen LogP contribution in [-0.4, -0.2) is 94.9 Å². The van der Waals surface area contributed by atoms with Crippen molar-refractivity contribution in [3.63, 3.8) is 0 Å². The molecule has 3 atom stereocenters. The number of nitrogens with one attached hydrogen (secondary N) is 1. The second-order valence-electron chi connectivity index (χ2n) is 8.74. The minimum absolute atomic E-state index is 0.135. The lowest BCUT2D eigenvalue weighted by atomic mass is 9.97. The van der Waals surface area contributed by atoms with E-state index in [-0.39, 0.29) is 30.4 Å². The van der Waals surface area contributed by atoms with Crippen LogP contribution in [0.25, 0.3) is 0 Å². The molecule has 0 aliphatic carbocycles. The van der Waals surface area contributed by atoms with Gasteiger partial charge < -0.3 is 24.5 Å². The molecule has 16 heteroatoms. The molecule has 0 radical (unpaired) electrons. The van der Waals surface area contributed by atoms with E-state index >= 15 is 0 Å². The molecule has 210 valence electrons. The molecule has 2 aromatic heterocycles. The Morgan fingerprint density at radius 1 is 1.33 bits per heavy atom. The predicted molar refractivity (Wildman–Crippen MR) is 139 cm³/mol. The van der Waals surface area contributed by atoms with E-state index in [0.717, 1.165) is 4.90 Å². The molecule has 2 aliphatic rings. The number of fused-ring (bicyclic) bond motifs is 1. The van der Waals surface area contributed by atoms with Gasteiger partial charge in [0.15, 0.2) is 0 Å². The predicted octanol–water partition coefficient (Wildman–Crippen LogP) is 0.791. The Balaban J connectivity index is 1.51. The Labute approximate surface area is 232 Å². The van der Waals surface area contributed by atoms with Crippen molar-refractivity contribution in [3.8, 4) is 0 Å². The van der Waals surface area contributed by atoms with Gasteiger partial charge in [0.1, 0.15) is 17.1 Å². The van der Waals surface area contributed by atoms with E-state index in [1.807, 2.05) is 0 Å². The molecule has 2 N–H and O–H groups in total. The quantitative estimate of drug-likeness (QED) is 0.148. The molecule has 4 heterocycles. The summed E-state index contributed by atoms with van der Waals surface area (Å²) in [5.41, 5.74) is -1.34. The normalized spacial score (nSPS) is 21.3. The molecule has 1 fully saturated rings. The van der Waals surface area contributed by atoms with Gasteiger partial charge in [-0.3, -0.25) is 19.3 Å². The zero-order valence-electron chi connectivity index (χ0n) is 21.6. The van der Waals surface area contributed by atoms with Crippen molar-refractivity contribution in [1.29, 1.82) is 0 Å². The fourth-order valence-electron chi connectivity index (χ4n) is 4.46. The van der Waals surface area contributed by atoms with Gasteiger partial charge in [0.05, 0.1) is 6.61 Å². The van der Waals surface area contributed by atoms with Crippen LogP contribution < -0.4 is 5.32 Å². The number of carboxylic acids is 1. The van der Waals surface area contributed by atoms with Gasteiger partial charge >= 0.3 is 11.9 Å². The zero-order chi connectivity index (χ0) is 28.2. The Kier molecular flexibility index (Phi) is 8.97. The van der Waals surface area contributed by atoms with Crippen LogP contribution in [0.5, 0.6) is 0 Å². The average molecular weight is 580 g/mol. The van der Waals surface area contributed by atoms with Crippen LogP contribution in [0.3, 0.4) is 0 Å². The Morgan fingerprint density at radius 3 is 2.69 bits per heavy atom. The summed E-state index contributed by atoms with van der Waals surface area (Å²) in [6.45, 7) is 2.00. The molecule has 0 bridgehead atoms. The maximum Gasteiger partial charge on any atom is 0.352 e. The first-order chi connectivity index (χ1) is 18.7. The van der Waals surface area contributed by atoms with Crippen molar-refractivity contribution in [2.24, 2.45) is 7.05 Å². The SMILES string of the molecule is CCOC(=O)CCCC(C(=O)NC1(OC)C(=O)N2C(C(=O)O)=C(CSc3nnnn3C)CSC21)n1cccc1. The molecule has 2 aromatic rings. The molecule has 39 heavy (non-hydrogen) atoms. The molecule has 2 amide bonds. The molecule has 0 spiro atoms. The zero-order valence-corrected chi connectivity index (χ0v) is 23.2. The monoisotopic (exact) mass is 579 g/mol. The minimum Gasteiger partial charge on any atom is -0.477 e. The third-order valence-corrected chi connectivity index (χ3v) is 8.82. The number of carboxylic acid groups (broad SMARTS) is 1. The molecule has 2 aliphatic heterocycles. The van der Waals surface area contributed by atoms with Gasteiger partial charge in [-0.05, 0) is 47.9 Å². The number of carbonyl (C=O) groups excluding carboxylic acids is 3. The van der Waals surface area contributed by atoms with Crippen molar-refractivity contribution in [1.82, 2.24) is 35.0 Å². The van der Waals surface area contributed by atoms with Gasteiger partial charge in [-0.2, -0.15) is 0 Å². The van der Waals surface area contributed by atoms with Crippen LogP contribution >= 0.6 is 23.5 Å². The topological polar surface area (TPSA) is 171 Å². The van der Waals surface area contributed by atoms with Crippen LogP contribution in [0.2, 0.25) is 0 Å². The number of aryl methyl sites for hydroxylation is 1. The molecular weight excluding hydrogens is 550 g/mol. The first-order valence-corrected chi connectivity index (χ1v) is 14.2. The van der Waals surface area contributed by atoms with Crippen molar-refractivity contribution < 1.29 is 33.8 Å². The van der Waals surface area contributed by atoms with E-state index in [4.69, 9.17) is 9.47 Å². The van der Waals surface area contributed by atoms with Gasteiger partial charge in [-0.25, -0.2) is 9.48 Å². The van der Waals surface area contributed by atoms with Crippen LogP contribution in [0.1, 0.15) is 32.2 Å². The molecule has 1 saturated heterocycles. The Hall–Kier alpha value is -3.37. The molecule has 0 aromatic carbocycles. The Bertz CT molecular complexity index is 1270. The van der Waals surface area contributed by atoms with Crippen molar-refractivity contribution in [2.45, 2.75) is 48.5 Å². The highest BCUT2D eigenvalue weighted by Gasteiger charge is 2.66. The largest absolute Gasteiger partial charge is 0.477 e. The summed E-state index contributed by atoms with van der Waals surface area (Å²) in [5.74, 6) is -2.19. The number of aliphatic carboxylic acids is 1. The second-order valence-corrected chi connectivity index (χ2v) is 10.8. The number of rotatable bonds is 13. The number of esters is 1. The molecule has 0 saturated carbocycles. The summed E-state index contributed by atoms with van der Waals surface area (Å²) in [5, 5.41) is 23.7. The van der Waals surface area contributed by atoms with E-state index in [9.17, 15) is 24.3 Å². The van der Waals surface area contributed by atoms with Crippen molar-refractivity contribution in [3.05, 3.63) is 35.8 Å². The lowest BCUT2D eigenvalue weighted by Crippen LogP contribution is -2.81. The number of aromatic nitrogens is 5. The lowest BCUT2D eigenvalue weighted by molar-refractivity contribution is -0.193. The average Bonchev–Trinajstić information content (AvgIpc) is 3.59. The molecular formula is C23H29N7O7S2. The number of tetrazole rings is 1. The fraction of sp³-hybridized carbons (Fsp3) is 0.522. The number of hydrogen-bond acceptors (Lipinski definition) is 11. The Morgan fingerprint density at radius 2 is 2.08 bits per heavy atom. The first kappa shape index (κ1) is 28.6. The minimum atomic E-state index is -1.73. The van der Waals surface area contributed by atoms with E-state index in [1.54, 1.807) is 43.1 Å². The summed E-state index contributed by atoms with van der Waals surface area (Å²) in [4.78, 5) is 52.2. The van der Waals surface area contributed by atoms with Crippen molar-refractivity contribution in [2.75, 3.05) is 25.2 Å². The third kappa shape index (κ3) is 5.67. The highest BCUT2D eigenvalue weighted by molar-refractivity contribution is 8.01. The number of β-lactam (4-membered cyclic amide) rings is 1. The van der Waals surface area contributed by atoms with Gasteiger partial charge in [-0.15, -0.1) is 16.9 Å². The summed E-state index contributed by atoms with van der Waals surface area (Å²) in [6, 6.07) is 2.81. The number of methoxy groups -OCH3 is 1. The maximum absolute atomic E-state index is 13.5. The van der Waals surface area contributed by atoms with Crippen LogP contribution in [0.15, 0.2) is 41.0 Å². The van der Waals surface area contributed by atoms with Gasteiger partial charge in [-0.1, -0.05) is 11.8 Å². The lowest BCUT2D eigenvalue weighted by Gasteiger charge is -2.56. The van der Waals surface area contributed by atoms with Crippen LogP contribution in [-0.2, 0) is 35.7 Å². The van der Waals surface area contributed by atoms with Crippen LogP contribution in [0, 0.1) is 0 Å². The fourth-order valence-corrected chi connectivity index (χ4v) is 6.89. The standard InChI is InChI=1S/C23H29N7O7S2/c1-4-37-16(31)9-7-8-15(29-10-5-6-11-29)18(32)24-23(36-3)20(35)30-17(19(33)34)14(12-38-21(23)30)13-39-22-25-26-27-28(22)2/h5-6,10-11,15,21H,4,7-9,12-13H2,1-3H3,(H,24,32)(H,33,34). The van der Waals surface area contributed by atoms with Gasteiger partial charge in [0.25, 0.3) is 11.6 Å². The highest BCUT2D eigenvalue weighted by Crippen LogP contribution is 2.47. The summed E-state index contributed by atoms with van der Waals surface area (Å²) in [7, 11) is 2.98. The number of ether oxygens (including phenoxy) is 2. The van der Waals surface area contributed by atoms with E-state index in [1.165, 1.54) is 35.3 Å². The summed E-state index contributed by atoms with van der Waals surface area (Å²) >= 11 is 2.56. The van der Waals surface area contributed by atoms with Crippen molar-refractivity contribution >= 4 is 47.3 Å². The number of hydrogen-bond donors (Lipinski definition) is 2. The van der Waals surface area contributed by atoms with Gasteiger partial charge in [0, 0.05) is 44.5 Å². The van der Waals surface area contributed by atoms with E-state index < -0.39 is 34.9 Å². The third-order valence-electron chi connectivity index (χ3n) is 6.35. The summed E-state index contributed by atoms with van der Waals surface area (Å²) < 4.78 is 13.7. The maximum atomic E-state index is 13.5. The summed E-state index contributed by atoms with van der Waals surface area (Å²) in [6.07, 6.45) is 4.30. The first-order valence-electron chi connectivity index (χ1n) is 12.1. The second kappa shape index (κ2) is 12.2. The van der Waals surface area contributed by atoms with E-state index in [0.29, 0.717) is 29.3 Å². The number of amides is 2. The van der Waals surface area contributed by atoms with E-state index in [2.05, 4.69) is 20.8 Å². The molecule has 14 nitrogen and oxygen atoms in total. The van der Waals surface area contributed by atoms with Crippen LogP contribution in [0.4, 0.5) is 0 Å². The molecule has 3 unspecified atom stereocenters. The highest BCUT2D eigenvalue weighted by atomic mass is 32.2. The van der Waals surface area contributed by atoms with Gasteiger partial charge in [0.2, 0.25) is 11.1 Å². The molecule has 4 rings (SSSR count). The number of thioether (sulfide) groups is 2.